The summed E-state index contributed by atoms with van der Waals surface area (Å²) in [5.41, 5.74) is -0.398. The topological polar surface area (TPSA) is 132 Å². The molecule has 1 aromatic rings. The average molecular weight is 380 g/mol. The van der Waals surface area contributed by atoms with Gasteiger partial charge in [0.2, 0.25) is 21.5 Å². The largest absolute Gasteiger partial charge is 0.498 e. The number of sulfonamides is 1. The maximum atomic E-state index is 12.4. The Morgan fingerprint density at radius 2 is 1.81 bits per heavy atom. The number of aliphatic hydroxyl groups excluding tert-OH is 1. The van der Waals surface area contributed by atoms with Gasteiger partial charge in [-0.25, -0.2) is 13.2 Å². The zero-order valence-electron chi connectivity index (χ0n) is 14.7. The fraction of sp³-hybridized carbons (Fsp3) is 0.375. The van der Waals surface area contributed by atoms with Gasteiger partial charge in [-0.3, -0.25) is 0 Å². The first-order valence-corrected chi connectivity index (χ1v) is 9.28. The van der Waals surface area contributed by atoms with E-state index in [1.54, 1.807) is 20.8 Å². The molecule has 0 saturated carbocycles. The molecule has 0 unspecified atom stereocenters. The second-order valence-electron chi connectivity index (χ2n) is 4.81. The van der Waals surface area contributed by atoms with E-state index >= 15 is 0 Å². The third-order valence-corrected chi connectivity index (χ3v) is 5.31. The second-order valence-corrected chi connectivity index (χ2v) is 6.75. The SMILES string of the molecule is CCOC(=O)/C(N=Nc1ccc(S(=O)(=O)N(CC)CC)cc1)=C(/O)C#N. The number of nitriles is 1. The van der Waals surface area contributed by atoms with Gasteiger partial charge in [-0.15, -0.1) is 5.11 Å². The van der Waals surface area contributed by atoms with Gasteiger partial charge in [-0.1, -0.05) is 13.8 Å². The Kier molecular flexibility index (Phi) is 7.89. The molecule has 0 atom stereocenters. The van der Waals surface area contributed by atoms with Crippen molar-refractivity contribution in [2.75, 3.05) is 19.7 Å². The highest BCUT2D eigenvalue weighted by Crippen LogP contribution is 2.21. The van der Waals surface area contributed by atoms with Crippen LogP contribution < -0.4 is 0 Å². The number of benzene rings is 1. The van der Waals surface area contributed by atoms with E-state index in [-0.39, 0.29) is 17.2 Å². The summed E-state index contributed by atoms with van der Waals surface area (Å²) >= 11 is 0. The van der Waals surface area contributed by atoms with Gasteiger partial charge in [0, 0.05) is 13.1 Å². The van der Waals surface area contributed by atoms with Gasteiger partial charge in [0.15, 0.2) is 0 Å². The number of aliphatic hydroxyl groups is 1. The maximum absolute atomic E-state index is 12.4. The molecule has 1 rings (SSSR count). The molecule has 0 aliphatic heterocycles. The highest BCUT2D eigenvalue weighted by molar-refractivity contribution is 7.89. The quantitative estimate of drug-likeness (QED) is 0.184. The van der Waals surface area contributed by atoms with E-state index < -0.39 is 27.4 Å². The lowest BCUT2D eigenvalue weighted by molar-refractivity contribution is -0.138. The molecule has 0 heterocycles. The molecule has 26 heavy (non-hydrogen) atoms. The zero-order chi connectivity index (χ0) is 19.7. The molecule has 140 valence electrons. The molecule has 1 aromatic carbocycles. The first kappa shape index (κ1) is 21.3. The van der Waals surface area contributed by atoms with E-state index in [2.05, 4.69) is 15.0 Å². The van der Waals surface area contributed by atoms with E-state index in [0.717, 1.165) is 0 Å². The van der Waals surface area contributed by atoms with Crippen molar-refractivity contribution in [3.63, 3.8) is 0 Å². The van der Waals surface area contributed by atoms with Crippen molar-refractivity contribution in [3.05, 3.63) is 35.7 Å². The lowest BCUT2D eigenvalue weighted by atomic mass is 10.3. The van der Waals surface area contributed by atoms with Crippen LogP contribution in [0.15, 0.2) is 50.8 Å². The van der Waals surface area contributed by atoms with Gasteiger partial charge in [0.25, 0.3) is 0 Å². The summed E-state index contributed by atoms with van der Waals surface area (Å²) < 4.78 is 30.8. The number of hydrogen-bond acceptors (Lipinski definition) is 8. The fourth-order valence-electron chi connectivity index (χ4n) is 1.94. The van der Waals surface area contributed by atoms with Crippen LogP contribution in [0.1, 0.15) is 20.8 Å². The number of nitrogens with zero attached hydrogens (tertiary/aromatic N) is 4. The summed E-state index contributed by atoms with van der Waals surface area (Å²) in [4.78, 5) is 11.8. The van der Waals surface area contributed by atoms with Crippen LogP contribution in [0.5, 0.6) is 0 Å². The Balaban J connectivity index is 3.11. The molecule has 0 aliphatic rings. The summed E-state index contributed by atoms with van der Waals surface area (Å²) in [6.45, 7) is 5.78. The van der Waals surface area contributed by atoms with E-state index in [1.165, 1.54) is 34.6 Å². The molecule has 10 heteroatoms. The first-order chi connectivity index (χ1) is 12.3. The molecule has 9 nitrogen and oxygen atoms in total. The van der Waals surface area contributed by atoms with E-state index in [4.69, 9.17) is 5.26 Å². The van der Waals surface area contributed by atoms with Crippen LogP contribution in [0.4, 0.5) is 5.69 Å². The molecule has 0 spiro atoms. The van der Waals surface area contributed by atoms with Gasteiger partial charge in [-0.2, -0.15) is 14.7 Å². The van der Waals surface area contributed by atoms with Crippen molar-refractivity contribution in [1.82, 2.24) is 4.31 Å². The van der Waals surface area contributed by atoms with Crippen molar-refractivity contribution in [2.24, 2.45) is 10.2 Å². The van der Waals surface area contributed by atoms with Crippen molar-refractivity contribution in [2.45, 2.75) is 25.7 Å². The number of carbonyl (C=O) groups excluding carboxylic acids is 1. The zero-order valence-corrected chi connectivity index (χ0v) is 15.5. The van der Waals surface area contributed by atoms with Crippen LogP contribution in [0, 0.1) is 11.3 Å². The third kappa shape index (κ3) is 5.11. The van der Waals surface area contributed by atoms with Gasteiger partial charge in [0.05, 0.1) is 17.2 Å². The van der Waals surface area contributed by atoms with Crippen molar-refractivity contribution < 1.29 is 23.1 Å². The minimum absolute atomic E-state index is 0.0362. The van der Waals surface area contributed by atoms with Crippen molar-refractivity contribution in [3.8, 4) is 6.07 Å². The van der Waals surface area contributed by atoms with Crippen LogP contribution in [0.3, 0.4) is 0 Å². The number of hydrogen-bond donors (Lipinski definition) is 1. The van der Waals surface area contributed by atoms with Crippen molar-refractivity contribution >= 4 is 21.7 Å². The third-order valence-electron chi connectivity index (χ3n) is 3.24. The number of ether oxygens (including phenoxy) is 1. The predicted octanol–water partition coefficient (Wildman–Crippen LogP) is 2.66. The number of allylic oxidation sites excluding steroid dienone is 1. The lowest BCUT2D eigenvalue weighted by Gasteiger charge is -2.18. The molecule has 0 radical (unpaired) electrons. The van der Waals surface area contributed by atoms with E-state index in [0.29, 0.717) is 13.1 Å². The van der Waals surface area contributed by atoms with Crippen LogP contribution in [-0.4, -0.2) is 43.5 Å². The molecule has 0 amide bonds. The summed E-state index contributed by atoms with van der Waals surface area (Å²) in [5, 5.41) is 25.4. The molecule has 1 N–H and O–H groups in total. The Morgan fingerprint density at radius 3 is 2.27 bits per heavy atom. The maximum Gasteiger partial charge on any atom is 0.363 e. The van der Waals surface area contributed by atoms with Gasteiger partial charge >= 0.3 is 5.97 Å². The minimum Gasteiger partial charge on any atom is -0.498 e. The molecule has 0 bridgehead atoms. The summed E-state index contributed by atoms with van der Waals surface area (Å²) in [7, 11) is -3.59. The molecule has 0 fully saturated rings. The fourth-order valence-corrected chi connectivity index (χ4v) is 3.40. The summed E-state index contributed by atoms with van der Waals surface area (Å²) in [6, 6.07) is 6.90. The average Bonchev–Trinajstić information content (AvgIpc) is 2.63. The molecule has 0 aliphatic carbocycles. The Morgan fingerprint density at radius 1 is 1.23 bits per heavy atom. The highest BCUT2D eigenvalue weighted by Gasteiger charge is 2.21. The van der Waals surface area contributed by atoms with E-state index in [1.807, 2.05) is 0 Å². The van der Waals surface area contributed by atoms with Crippen LogP contribution in [0.25, 0.3) is 0 Å². The number of esters is 1. The predicted molar refractivity (Wildman–Crippen MR) is 93.0 cm³/mol. The molecular weight excluding hydrogens is 360 g/mol. The summed E-state index contributed by atoms with van der Waals surface area (Å²) in [5.74, 6) is -1.91. The normalized spacial score (nSPS) is 12.7. The van der Waals surface area contributed by atoms with Crippen LogP contribution in [-0.2, 0) is 19.6 Å². The summed E-state index contributed by atoms with van der Waals surface area (Å²) in [6.07, 6.45) is 0. The van der Waals surface area contributed by atoms with Crippen molar-refractivity contribution in [1.29, 1.82) is 5.26 Å². The first-order valence-electron chi connectivity index (χ1n) is 7.84. The Bertz CT molecular complexity index is 834. The standard InChI is InChI=1S/C16H20N4O5S/c1-4-20(5-2)26(23,24)13-9-7-12(8-10-13)18-19-15(14(21)11-17)16(22)25-6-3/h7-10,21H,4-6H2,1-3H3/b15-14-,19-18?. The number of rotatable bonds is 8. The van der Waals surface area contributed by atoms with Gasteiger partial charge in [0.1, 0.15) is 6.07 Å². The lowest BCUT2D eigenvalue weighted by Crippen LogP contribution is -2.30. The van der Waals surface area contributed by atoms with Crippen LogP contribution >= 0.6 is 0 Å². The minimum atomic E-state index is -3.59. The van der Waals surface area contributed by atoms with Crippen LogP contribution in [0.2, 0.25) is 0 Å². The van der Waals surface area contributed by atoms with Gasteiger partial charge in [-0.05, 0) is 31.2 Å². The molecule has 0 aromatic heterocycles. The molecular formula is C16H20N4O5S. The van der Waals surface area contributed by atoms with E-state index in [9.17, 15) is 18.3 Å². The Labute approximate surface area is 152 Å². The highest BCUT2D eigenvalue weighted by atomic mass is 32.2. The Hall–Kier alpha value is -2.77. The van der Waals surface area contributed by atoms with Gasteiger partial charge < -0.3 is 9.84 Å². The number of azo groups is 1. The smallest absolute Gasteiger partial charge is 0.363 e. The molecule has 0 saturated heterocycles. The second kappa shape index (κ2) is 9.65. The number of carbonyl (C=O) groups is 1. The monoisotopic (exact) mass is 380 g/mol.